The number of anilines is 6. The van der Waals surface area contributed by atoms with Gasteiger partial charge in [0.2, 0.25) is 0 Å². The summed E-state index contributed by atoms with van der Waals surface area (Å²) >= 11 is 0. The van der Waals surface area contributed by atoms with Crippen molar-refractivity contribution in [3.63, 3.8) is 0 Å². The zero-order chi connectivity index (χ0) is 52.7. The molecular formula is C76H49N3O. The molecular weight excluding hydrogens is 971 g/mol. The first kappa shape index (κ1) is 45.5. The molecule has 0 fully saturated rings. The van der Waals surface area contributed by atoms with Gasteiger partial charge in [-0.2, -0.15) is 0 Å². The van der Waals surface area contributed by atoms with Crippen molar-refractivity contribution in [3.05, 3.63) is 297 Å². The lowest BCUT2D eigenvalue weighted by Crippen LogP contribution is -2.10. The van der Waals surface area contributed by atoms with Crippen molar-refractivity contribution < 1.29 is 4.42 Å². The molecule has 14 aromatic carbocycles. The Bertz CT molecular complexity index is 5060. The number of rotatable bonds is 9. The number of hydrogen-bond donors (Lipinski definition) is 0. The van der Waals surface area contributed by atoms with E-state index in [1.165, 1.54) is 64.9 Å². The summed E-state index contributed by atoms with van der Waals surface area (Å²) in [5.74, 6) is 0. The van der Waals surface area contributed by atoms with E-state index in [2.05, 4.69) is 299 Å². The predicted octanol–water partition coefficient (Wildman–Crippen LogP) is 21.6. The molecule has 0 atom stereocenters. The minimum Gasteiger partial charge on any atom is -0.456 e. The summed E-state index contributed by atoms with van der Waals surface area (Å²) in [5.41, 5.74) is 16.4. The Morgan fingerprint density at radius 1 is 0.237 bits per heavy atom. The van der Waals surface area contributed by atoms with E-state index < -0.39 is 0 Å². The van der Waals surface area contributed by atoms with E-state index in [0.717, 1.165) is 84.0 Å². The van der Waals surface area contributed by atoms with Crippen LogP contribution < -0.4 is 9.80 Å². The van der Waals surface area contributed by atoms with Gasteiger partial charge >= 0.3 is 0 Å². The molecule has 0 amide bonds. The third-order valence-corrected chi connectivity index (χ3v) is 16.3. The standard InChI is InChI=1S/C76H49N3O/c1-2-18-56(19-3-1)79-71-28-14-12-26-67(71)70-48-59(43-45-72(70)79)77(73-46-54-16-4-6-20-61(54)63-22-8-10-24-65(63)73)57-38-34-52(35-39-57)50-30-32-51(33-31-50)53-36-40-58(41-37-53)78(60-42-44-69-68-27-13-15-29-75(68)80-76(69)49-60)74-47-55-17-5-7-21-62(55)64-23-9-11-25-66(64)74/h1-49H. The van der Waals surface area contributed by atoms with E-state index in [1.807, 2.05) is 12.1 Å². The van der Waals surface area contributed by atoms with Crippen molar-refractivity contribution in [1.82, 2.24) is 4.57 Å². The molecule has 0 saturated carbocycles. The van der Waals surface area contributed by atoms with Gasteiger partial charge in [-0.3, -0.25) is 0 Å². The maximum Gasteiger partial charge on any atom is 0.137 e. The molecule has 0 N–H and O–H groups in total. The Balaban J connectivity index is 0.762. The van der Waals surface area contributed by atoms with Crippen molar-refractivity contribution in [2.75, 3.05) is 9.80 Å². The molecule has 0 spiro atoms. The maximum absolute atomic E-state index is 6.48. The Morgan fingerprint density at radius 3 is 1.21 bits per heavy atom. The summed E-state index contributed by atoms with van der Waals surface area (Å²) in [4.78, 5) is 4.82. The largest absolute Gasteiger partial charge is 0.456 e. The molecule has 0 bridgehead atoms. The van der Waals surface area contributed by atoms with Crippen molar-refractivity contribution in [3.8, 4) is 27.9 Å². The topological polar surface area (TPSA) is 24.6 Å². The second-order valence-corrected chi connectivity index (χ2v) is 20.8. The van der Waals surface area contributed by atoms with E-state index in [-0.39, 0.29) is 0 Å². The van der Waals surface area contributed by atoms with E-state index in [0.29, 0.717) is 0 Å². The Morgan fingerprint density at radius 2 is 0.637 bits per heavy atom. The highest BCUT2D eigenvalue weighted by molar-refractivity contribution is 6.17. The molecule has 16 aromatic rings. The van der Waals surface area contributed by atoms with Gasteiger partial charge in [0.1, 0.15) is 11.2 Å². The van der Waals surface area contributed by atoms with Crippen molar-refractivity contribution in [2.45, 2.75) is 0 Å². The van der Waals surface area contributed by atoms with Crippen LogP contribution in [0.1, 0.15) is 0 Å². The second-order valence-electron chi connectivity index (χ2n) is 20.8. The third kappa shape index (κ3) is 7.45. The number of benzene rings is 14. The van der Waals surface area contributed by atoms with Crippen LogP contribution >= 0.6 is 0 Å². The van der Waals surface area contributed by atoms with Gasteiger partial charge in [-0.25, -0.2) is 0 Å². The van der Waals surface area contributed by atoms with Crippen LogP contribution in [-0.2, 0) is 0 Å². The molecule has 2 aromatic heterocycles. The van der Waals surface area contributed by atoms with Crippen LogP contribution in [0.2, 0.25) is 0 Å². The molecule has 0 radical (unpaired) electrons. The summed E-state index contributed by atoms with van der Waals surface area (Å²) in [5, 5.41) is 14.4. The third-order valence-electron chi connectivity index (χ3n) is 16.3. The van der Waals surface area contributed by atoms with Gasteiger partial charge in [-0.1, -0.05) is 200 Å². The minimum atomic E-state index is 0.863. The molecule has 0 unspecified atom stereocenters. The van der Waals surface area contributed by atoms with Gasteiger partial charge in [0, 0.05) is 66.8 Å². The average molecular weight is 1020 g/mol. The SMILES string of the molecule is c1ccc(-n2c3ccccc3c3cc(N(c4ccc(-c5ccc(-c6ccc(N(c7ccc8c(c7)oc7ccccc78)c7cc8ccccc8c8ccccc78)cc6)cc5)cc4)c4cc5ccccc5c5ccccc45)ccc32)cc1. The van der Waals surface area contributed by atoms with Gasteiger partial charge < -0.3 is 18.8 Å². The second kappa shape index (κ2) is 18.5. The summed E-state index contributed by atoms with van der Waals surface area (Å²) in [6.45, 7) is 0. The van der Waals surface area contributed by atoms with Crippen LogP contribution in [0, 0.1) is 0 Å². The molecule has 0 saturated heterocycles. The lowest BCUT2D eigenvalue weighted by Gasteiger charge is -2.28. The minimum absolute atomic E-state index is 0.863. The summed E-state index contributed by atoms with van der Waals surface area (Å²) in [6.07, 6.45) is 0. The van der Waals surface area contributed by atoms with Crippen molar-refractivity contribution in [1.29, 1.82) is 0 Å². The van der Waals surface area contributed by atoms with Crippen LogP contribution in [0.25, 0.3) is 115 Å². The van der Waals surface area contributed by atoms with Gasteiger partial charge in [-0.05, 0) is 146 Å². The molecule has 0 aliphatic rings. The van der Waals surface area contributed by atoms with Gasteiger partial charge in [0.15, 0.2) is 0 Å². The number of hydrogen-bond acceptors (Lipinski definition) is 3. The molecule has 0 aliphatic carbocycles. The summed E-state index contributed by atoms with van der Waals surface area (Å²) in [6, 6.07) is 108. The number of nitrogens with zero attached hydrogens (tertiary/aromatic N) is 3. The lowest BCUT2D eigenvalue weighted by molar-refractivity contribution is 0.669. The molecule has 0 aliphatic heterocycles. The summed E-state index contributed by atoms with van der Waals surface area (Å²) < 4.78 is 8.86. The van der Waals surface area contributed by atoms with Crippen molar-refractivity contribution in [2.24, 2.45) is 0 Å². The average Bonchev–Trinajstić information content (AvgIpc) is 4.12. The fraction of sp³-hybridized carbons (Fsp3) is 0. The van der Waals surface area contributed by atoms with Crippen LogP contribution in [0.15, 0.2) is 302 Å². The molecule has 2 heterocycles. The number of aromatic nitrogens is 1. The zero-order valence-electron chi connectivity index (χ0n) is 43.5. The fourth-order valence-corrected chi connectivity index (χ4v) is 12.6. The Hall–Kier alpha value is -10.7. The van der Waals surface area contributed by atoms with E-state index in [9.17, 15) is 0 Å². The molecule has 80 heavy (non-hydrogen) atoms. The first-order chi connectivity index (χ1) is 39.7. The normalized spacial score (nSPS) is 11.8. The van der Waals surface area contributed by atoms with Gasteiger partial charge in [0.05, 0.1) is 22.4 Å². The number of fused-ring (bicyclic) bond motifs is 12. The van der Waals surface area contributed by atoms with E-state index >= 15 is 0 Å². The van der Waals surface area contributed by atoms with Gasteiger partial charge in [-0.15, -0.1) is 0 Å². The first-order valence-corrected chi connectivity index (χ1v) is 27.4. The molecule has 4 heteroatoms. The maximum atomic E-state index is 6.48. The highest BCUT2D eigenvalue weighted by Gasteiger charge is 2.22. The smallest absolute Gasteiger partial charge is 0.137 e. The number of furan rings is 1. The Kier molecular flexibility index (Phi) is 10.5. The lowest BCUT2D eigenvalue weighted by atomic mass is 9.97. The van der Waals surface area contributed by atoms with E-state index in [1.54, 1.807) is 0 Å². The molecule has 16 rings (SSSR count). The van der Waals surface area contributed by atoms with Crippen LogP contribution in [0.3, 0.4) is 0 Å². The van der Waals surface area contributed by atoms with Gasteiger partial charge in [0.25, 0.3) is 0 Å². The van der Waals surface area contributed by atoms with E-state index in [4.69, 9.17) is 4.42 Å². The van der Waals surface area contributed by atoms with Crippen molar-refractivity contribution >= 4 is 121 Å². The number of para-hydroxylation sites is 3. The van der Waals surface area contributed by atoms with Crippen LogP contribution in [-0.4, -0.2) is 4.57 Å². The van der Waals surface area contributed by atoms with Crippen LogP contribution in [0.4, 0.5) is 34.1 Å². The molecule has 374 valence electrons. The summed E-state index contributed by atoms with van der Waals surface area (Å²) in [7, 11) is 0. The highest BCUT2D eigenvalue weighted by atomic mass is 16.3. The monoisotopic (exact) mass is 1020 g/mol. The predicted molar refractivity (Wildman–Crippen MR) is 338 cm³/mol. The highest BCUT2D eigenvalue weighted by Crippen LogP contribution is 2.47. The Labute approximate surface area is 462 Å². The molecule has 4 nitrogen and oxygen atoms in total. The van der Waals surface area contributed by atoms with Crippen LogP contribution in [0.5, 0.6) is 0 Å². The zero-order valence-corrected chi connectivity index (χ0v) is 43.5. The quantitative estimate of drug-likeness (QED) is 0.135. The fourth-order valence-electron chi connectivity index (χ4n) is 12.6. The first-order valence-electron chi connectivity index (χ1n) is 27.4.